The van der Waals surface area contributed by atoms with Gasteiger partial charge in [0.05, 0.1) is 0 Å². The Morgan fingerprint density at radius 3 is 1.78 bits per heavy atom. The zero-order valence-electron chi connectivity index (χ0n) is 13.1. The molecule has 112 valence electrons. The molecule has 1 unspecified atom stereocenters. The van der Waals surface area contributed by atoms with E-state index >= 15 is 0 Å². The van der Waals surface area contributed by atoms with Crippen LogP contribution < -0.4 is 5.73 Å². The predicted molar refractivity (Wildman–Crippen MR) is 86.5 cm³/mol. The molecule has 0 aliphatic carbocycles. The zero-order chi connectivity index (χ0) is 13.1. The van der Waals surface area contributed by atoms with E-state index in [-0.39, 0.29) is 17.9 Å². The monoisotopic (exact) mass is 277 g/mol. The van der Waals surface area contributed by atoms with E-state index < -0.39 is 0 Å². The van der Waals surface area contributed by atoms with E-state index in [0.29, 0.717) is 0 Å². The molecule has 2 heteroatoms. The van der Waals surface area contributed by atoms with Crippen LogP contribution in [0, 0.1) is 5.92 Å². The van der Waals surface area contributed by atoms with Crippen molar-refractivity contribution in [1.82, 2.24) is 0 Å². The van der Waals surface area contributed by atoms with Crippen molar-refractivity contribution in [1.29, 1.82) is 0 Å². The number of hydrogen-bond acceptors (Lipinski definition) is 1. The lowest BCUT2D eigenvalue weighted by molar-refractivity contribution is 0.225. The largest absolute Gasteiger partial charge is 0.325 e. The third-order valence-corrected chi connectivity index (χ3v) is 4.53. The minimum absolute atomic E-state index is 0. The summed E-state index contributed by atoms with van der Waals surface area (Å²) in [6.45, 7) is 9.06. The summed E-state index contributed by atoms with van der Waals surface area (Å²) in [5.74, 6) is 0.726. The van der Waals surface area contributed by atoms with Gasteiger partial charge in [0, 0.05) is 5.54 Å². The Hall–Kier alpha value is 0.250. The van der Waals surface area contributed by atoms with Crippen molar-refractivity contribution in [2.45, 2.75) is 97.4 Å². The van der Waals surface area contributed by atoms with E-state index in [9.17, 15) is 0 Å². The maximum absolute atomic E-state index is 6.51. The van der Waals surface area contributed by atoms with Gasteiger partial charge in [0.25, 0.3) is 0 Å². The molecule has 0 saturated carbocycles. The molecule has 1 nitrogen and oxygen atoms in total. The Kier molecular flexibility index (Phi) is 14.0. The van der Waals surface area contributed by atoms with Crippen LogP contribution in [0.15, 0.2) is 0 Å². The van der Waals surface area contributed by atoms with Gasteiger partial charge >= 0.3 is 0 Å². The highest BCUT2D eigenvalue weighted by Crippen LogP contribution is 2.29. The van der Waals surface area contributed by atoms with Crippen molar-refractivity contribution in [3.05, 3.63) is 0 Å². The fraction of sp³-hybridized carbons (Fsp3) is 1.00. The maximum atomic E-state index is 6.51. The van der Waals surface area contributed by atoms with Crippen LogP contribution in [-0.4, -0.2) is 5.54 Å². The molecule has 0 rings (SSSR count). The third-order valence-electron chi connectivity index (χ3n) is 4.53. The predicted octanol–water partition coefficient (Wildman–Crippen LogP) is 5.70. The summed E-state index contributed by atoms with van der Waals surface area (Å²) in [7, 11) is 0. The van der Waals surface area contributed by atoms with Gasteiger partial charge in [0.15, 0.2) is 0 Å². The average Bonchev–Trinajstić information content (AvgIpc) is 2.37. The summed E-state index contributed by atoms with van der Waals surface area (Å²) in [5.41, 5.74) is 6.61. The normalized spacial score (nSPS) is 13.2. The van der Waals surface area contributed by atoms with Gasteiger partial charge in [0.1, 0.15) is 0 Å². The number of hydrogen-bond donors (Lipinski definition) is 1. The minimum atomic E-state index is 0. The van der Waals surface area contributed by atoms with Crippen LogP contribution >= 0.6 is 12.4 Å². The number of rotatable bonds is 11. The van der Waals surface area contributed by atoms with Crippen molar-refractivity contribution in [2.24, 2.45) is 11.7 Å². The molecule has 0 spiro atoms. The molecule has 18 heavy (non-hydrogen) atoms. The molecule has 0 aromatic carbocycles. The van der Waals surface area contributed by atoms with Gasteiger partial charge in [-0.3, -0.25) is 0 Å². The molecule has 0 fully saturated rings. The molecule has 0 aromatic heterocycles. The molecule has 0 aliphatic rings. The van der Waals surface area contributed by atoms with E-state index in [2.05, 4.69) is 27.7 Å². The van der Waals surface area contributed by atoms with Gasteiger partial charge in [-0.15, -0.1) is 12.4 Å². The van der Waals surface area contributed by atoms with Gasteiger partial charge in [-0.05, 0) is 25.2 Å². The van der Waals surface area contributed by atoms with E-state index in [1.807, 2.05) is 0 Å². The Bertz CT molecular complexity index is 166. The summed E-state index contributed by atoms with van der Waals surface area (Å²) < 4.78 is 0. The van der Waals surface area contributed by atoms with Gasteiger partial charge in [0.2, 0.25) is 0 Å². The molecule has 0 bridgehead atoms. The summed E-state index contributed by atoms with van der Waals surface area (Å²) in [6.07, 6.45) is 13.2. The van der Waals surface area contributed by atoms with Crippen LogP contribution in [0.25, 0.3) is 0 Å². The fourth-order valence-electron chi connectivity index (χ4n) is 2.90. The summed E-state index contributed by atoms with van der Waals surface area (Å²) in [4.78, 5) is 0. The lowest BCUT2D eigenvalue weighted by Gasteiger charge is -2.36. The number of halogens is 1. The van der Waals surface area contributed by atoms with Crippen LogP contribution in [0.4, 0.5) is 0 Å². The fourth-order valence-corrected chi connectivity index (χ4v) is 2.90. The molecule has 0 radical (unpaired) electrons. The van der Waals surface area contributed by atoms with Gasteiger partial charge in [-0.25, -0.2) is 0 Å². The average molecular weight is 278 g/mol. The van der Waals surface area contributed by atoms with E-state index in [0.717, 1.165) is 18.8 Å². The highest BCUT2D eigenvalue weighted by atomic mass is 35.5. The maximum Gasteiger partial charge on any atom is 0.0177 e. The molecule has 0 heterocycles. The minimum Gasteiger partial charge on any atom is -0.325 e. The van der Waals surface area contributed by atoms with Gasteiger partial charge in [-0.1, -0.05) is 72.6 Å². The van der Waals surface area contributed by atoms with Gasteiger partial charge < -0.3 is 5.73 Å². The van der Waals surface area contributed by atoms with Crippen molar-refractivity contribution < 1.29 is 0 Å². The SMILES string of the molecule is CCCCCCCCC(CC)C(N)(CC)CC.Cl. The smallest absolute Gasteiger partial charge is 0.0177 e. The lowest BCUT2D eigenvalue weighted by Crippen LogP contribution is -2.45. The third kappa shape index (κ3) is 7.63. The Labute approximate surface area is 122 Å². The Morgan fingerprint density at radius 1 is 0.833 bits per heavy atom. The molecule has 2 N–H and O–H groups in total. The Balaban J connectivity index is 0. The molecule has 0 aromatic rings. The van der Waals surface area contributed by atoms with Crippen LogP contribution in [0.5, 0.6) is 0 Å². The molecule has 0 aliphatic heterocycles. The molecule has 1 atom stereocenters. The van der Waals surface area contributed by atoms with Crippen LogP contribution in [0.2, 0.25) is 0 Å². The van der Waals surface area contributed by atoms with Crippen LogP contribution in [0.3, 0.4) is 0 Å². The standard InChI is InChI=1S/C16H35N.ClH/c1-5-9-10-11-12-13-14-15(6-2)16(17,7-3)8-4;/h15H,5-14,17H2,1-4H3;1H. The Morgan fingerprint density at radius 2 is 1.33 bits per heavy atom. The second-order valence-corrected chi connectivity index (χ2v) is 5.60. The van der Waals surface area contributed by atoms with E-state index in [4.69, 9.17) is 5.73 Å². The first-order chi connectivity index (χ1) is 8.14. The number of nitrogens with two attached hydrogens (primary N) is 1. The summed E-state index contributed by atoms with van der Waals surface area (Å²) >= 11 is 0. The second-order valence-electron chi connectivity index (χ2n) is 5.60. The summed E-state index contributed by atoms with van der Waals surface area (Å²) in [5, 5.41) is 0. The quantitative estimate of drug-likeness (QED) is 0.482. The molecule has 0 amide bonds. The molecular weight excluding hydrogens is 242 g/mol. The van der Waals surface area contributed by atoms with E-state index in [1.165, 1.54) is 51.4 Å². The van der Waals surface area contributed by atoms with Crippen LogP contribution in [0.1, 0.15) is 91.9 Å². The van der Waals surface area contributed by atoms with Crippen molar-refractivity contribution in [3.8, 4) is 0 Å². The molecule has 0 saturated heterocycles. The first kappa shape index (κ1) is 20.6. The zero-order valence-corrected chi connectivity index (χ0v) is 14.0. The first-order valence-electron chi connectivity index (χ1n) is 7.93. The molecular formula is C16H36ClN. The lowest BCUT2D eigenvalue weighted by atomic mass is 9.76. The highest BCUT2D eigenvalue weighted by molar-refractivity contribution is 5.85. The summed E-state index contributed by atoms with van der Waals surface area (Å²) in [6, 6.07) is 0. The van der Waals surface area contributed by atoms with Crippen LogP contribution in [-0.2, 0) is 0 Å². The van der Waals surface area contributed by atoms with Crippen molar-refractivity contribution in [3.63, 3.8) is 0 Å². The van der Waals surface area contributed by atoms with Crippen molar-refractivity contribution in [2.75, 3.05) is 0 Å². The number of unbranched alkanes of at least 4 members (excludes halogenated alkanes) is 5. The highest BCUT2D eigenvalue weighted by Gasteiger charge is 2.29. The second kappa shape index (κ2) is 12.3. The van der Waals surface area contributed by atoms with Gasteiger partial charge in [-0.2, -0.15) is 0 Å². The van der Waals surface area contributed by atoms with E-state index in [1.54, 1.807) is 0 Å². The van der Waals surface area contributed by atoms with Crippen molar-refractivity contribution >= 4 is 12.4 Å². The first-order valence-corrected chi connectivity index (χ1v) is 7.93. The topological polar surface area (TPSA) is 26.0 Å².